The lowest BCUT2D eigenvalue weighted by Gasteiger charge is -2.31. The third-order valence-corrected chi connectivity index (χ3v) is 4.61. The third-order valence-electron chi connectivity index (χ3n) is 4.61. The molecule has 3 rings (SSSR count). The molecule has 0 N–H and O–H groups in total. The van der Waals surface area contributed by atoms with Crippen LogP contribution in [-0.4, -0.2) is 40.7 Å². The second-order valence-electron chi connectivity index (χ2n) is 6.76. The first kappa shape index (κ1) is 20.2. The summed E-state index contributed by atoms with van der Waals surface area (Å²) in [6, 6.07) is 6.89. The SMILES string of the molecule is CCCCOc1ccc(C(=O)N2CCC[C@@H](c3nnc(C(F)(F)F)o3)C2)cc1. The number of amides is 1. The standard InChI is InChI=1S/C19H22F3N3O3/c1-2-3-11-27-15-8-6-13(7-9-15)17(26)25-10-4-5-14(12-25)16-23-24-18(28-16)19(20,21)22/h6-9,14H,2-5,10-12H2,1H3/t14-/m1/s1. The second kappa shape index (κ2) is 8.62. The van der Waals surface area contributed by atoms with Crippen LogP contribution in [0.2, 0.25) is 0 Å². The van der Waals surface area contributed by atoms with Gasteiger partial charge in [0, 0.05) is 18.7 Å². The fourth-order valence-corrected chi connectivity index (χ4v) is 3.09. The summed E-state index contributed by atoms with van der Waals surface area (Å²) in [5.41, 5.74) is 0.505. The van der Waals surface area contributed by atoms with Gasteiger partial charge in [-0.2, -0.15) is 13.2 Å². The summed E-state index contributed by atoms with van der Waals surface area (Å²) < 4.78 is 48.3. The molecule has 0 aliphatic carbocycles. The highest BCUT2D eigenvalue weighted by atomic mass is 19.4. The number of halogens is 3. The molecule has 1 fully saturated rings. The second-order valence-corrected chi connectivity index (χ2v) is 6.76. The Morgan fingerprint density at radius 2 is 2.04 bits per heavy atom. The summed E-state index contributed by atoms with van der Waals surface area (Å²) >= 11 is 0. The van der Waals surface area contributed by atoms with Crippen molar-refractivity contribution < 1.29 is 27.1 Å². The van der Waals surface area contributed by atoms with Crippen molar-refractivity contribution in [3.05, 3.63) is 41.6 Å². The van der Waals surface area contributed by atoms with Crippen LogP contribution >= 0.6 is 0 Å². The number of hydrogen-bond donors (Lipinski definition) is 0. The summed E-state index contributed by atoms with van der Waals surface area (Å²) in [7, 11) is 0. The number of benzene rings is 1. The van der Waals surface area contributed by atoms with E-state index in [2.05, 4.69) is 17.1 Å². The van der Waals surface area contributed by atoms with Gasteiger partial charge in [-0.15, -0.1) is 10.2 Å². The third kappa shape index (κ3) is 4.82. The van der Waals surface area contributed by atoms with Crippen LogP contribution < -0.4 is 4.74 Å². The van der Waals surface area contributed by atoms with Crippen molar-refractivity contribution in [2.24, 2.45) is 0 Å². The van der Waals surface area contributed by atoms with Gasteiger partial charge in [-0.05, 0) is 43.5 Å². The zero-order valence-electron chi connectivity index (χ0n) is 15.5. The van der Waals surface area contributed by atoms with Crippen molar-refractivity contribution in [2.45, 2.75) is 44.7 Å². The highest BCUT2D eigenvalue weighted by Crippen LogP contribution is 2.32. The number of likely N-dealkylation sites (tertiary alicyclic amines) is 1. The molecule has 2 aromatic rings. The Morgan fingerprint density at radius 1 is 1.29 bits per heavy atom. The van der Waals surface area contributed by atoms with E-state index < -0.39 is 18.0 Å². The van der Waals surface area contributed by atoms with E-state index in [1.807, 2.05) is 0 Å². The van der Waals surface area contributed by atoms with E-state index in [1.54, 1.807) is 29.2 Å². The number of alkyl halides is 3. The van der Waals surface area contributed by atoms with Crippen LogP contribution in [0.25, 0.3) is 0 Å². The van der Waals surface area contributed by atoms with Gasteiger partial charge < -0.3 is 14.1 Å². The fourth-order valence-electron chi connectivity index (χ4n) is 3.09. The fraction of sp³-hybridized carbons (Fsp3) is 0.526. The zero-order chi connectivity index (χ0) is 20.1. The molecule has 6 nitrogen and oxygen atoms in total. The maximum atomic E-state index is 12.8. The average Bonchev–Trinajstić information content (AvgIpc) is 3.19. The smallest absolute Gasteiger partial charge is 0.470 e. The number of nitrogens with zero attached hydrogens (tertiary/aromatic N) is 3. The maximum Gasteiger partial charge on any atom is 0.470 e. The van der Waals surface area contributed by atoms with Crippen molar-refractivity contribution in [1.82, 2.24) is 15.1 Å². The first-order valence-corrected chi connectivity index (χ1v) is 9.31. The molecule has 0 radical (unpaired) electrons. The lowest BCUT2D eigenvalue weighted by atomic mass is 9.97. The monoisotopic (exact) mass is 397 g/mol. The topological polar surface area (TPSA) is 68.5 Å². The van der Waals surface area contributed by atoms with Crippen molar-refractivity contribution in [2.75, 3.05) is 19.7 Å². The van der Waals surface area contributed by atoms with Gasteiger partial charge in [-0.3, -0.25) is 4.79 Å². The highest BCUT2D eigenvalue weighted by Gasteiger charge is 2.39. The average molecular weight is 397 g/mol. The summed E-state index contributed by atoms with van der Waals surface area (Å²) in [5.74, 6) is -1.32. The van der Waals surface area contributed by atoms with Crippen molar-refractivity contribution >= 4 is 5.91 Å². The van der Waals surface area contributed by atoms with Gasteiger partial charge in [-0.1, -0.05) is 13.3 Å². The van der Waals surface area contributed by atoms with Crippen LogP contribution in [0.15, 0.2) is 28.7 Å². The number of unbranched alkanes of at least 4 members (excludes halogenated alkanes) is 1. The van der Waals surface area contributed by atoms with E-state index in [0.29, 0.717) is 37.3 Å². The van der Waals surface area contributed by atoms with Gasteiger partial charge in [0.2, 0.25) is 5.89 Å². The van der Waals surface area contributed by atoms with Gasteiger partial charge >= 0.3 is 12.1 Å². The van der Waals surface area contributed by atoms with Crippen LogP contribution in [0.3, 0.4) is 0 Å². The van der Waals surface area contributed by atoms with E-state index in [-0.39, 0.29) is 18.3 Å². The number of ether oxygens (including phenoxy) is 1. The lowest BCUT2D eigenvalue weighted by Crippen LogP contribution is -2.39. The number of aromatic nitrogens is 2. The van der Waals surface area contributed by atoms with Gasteiger partial charge in [0.25, 0.3) is 5.91 Å². The van der Waals surface area contributed by atoms with E-state index in [4.69, 9.17) is 9.15 Å². The Balaban J connectivity index is 1.63. The minimum atomic E-state index is -4.67. The molecular formula is C19H22F3N3O3. The normalized spacial score (nSPS) is 17.6. The Bertz CT molecular complexity index is 790. The van der Waals surface area contributed by atoms with E-state index >= 15 is 0 Å². The summed E-state index contributed by atoms with van der Waals surface area (Å²) in [4.78, 5) is 14.4. The molecule has 1 atom stereocenters. The van der Waals surface area contributed by atoms with Crippen LogP contribution in [0.1, 0.15) is 60.7 Å². The molecule has 1 saturated heterocycles. The molecular weight excluding hydrogens is 375 g/mol. The van der Waals surface area contributed by atoms with Crippen molar-refractivity contribution in [3.63, 3.8) is 0 Å². The van der Waals surface area contributed by atoms with E-state index in [1.165, 1.54) is 0 Å². The highest BCUT2D eigenvalue weighted by molar-refractivity contribution is 5.94. The van der Waals surface area contributed by atoms with Gasteiger partial charge in [0.15, 0.2) is 0 Å². The maximum absolute atomic E-state index is 12.8. The predicted octanol–water partition coefficient (Wildman–Crippen LogP) is 4.29. The van der Waals surface area contributed by atoms with Crippen LogP contribution in [-0.2, 0) is 6.18 Å². The Morgan fingerprint density at radius 3 is 2.68 bits per heavy atom. The van der Waals surface area contributed by atoms with Crippen molar-refractivity contribution in [3.8, 4) is 5.75 Å². The van der Waals surface area contributed by atoms with Crippen molar-refractivity contribution in [1.29, 1.82) is 0 Å². The number of carbonyl (C=O) groups excluding carboxylic acids is 1. The number of rotatable bonds is 6. The molecule has 1 aliphatic heterocycles. The van der Waals surface area contributed by atoms with Gasteiger partial charge in [0.1, 0.15) is 5.75 Å². The van der Waals surface area contributed by atoms with Crippen LogP contribution in [0.5, 0.6) is 5.75 Å². The molecule has 0 saturated carbocycles. The van der Waals surface area contributed by atoms with Gasteiger partial charge in [0.05, 0.1) is 12.5 Å². The molecule has 9 heteroatoms. The molecule has 28 heavy (non-hydrogen) atoms. The van der Waals surface area contributed by atoms with Gasteiger partial charge in [-0.25, -0.2) is 0 Å². The lowest BCUT2D eigenvalue weighted by molar-refractivity contribution is -0.157. The minimum Gasteiger partial charge on any atom is -0.494 e. The van der Waals surface area contributed by atoms with E-state index in [9.17, 15) is 18.0 Å². The molecule has 1 aromatic carbocycles. The molecule has 0 spiro atoms. The molecule has 2 heterocycles. The minimum absolute atomic E-state index is 0.0792. The quantitative estimate of drug-likeness (QED) is 0.681. The van der Waals surface area contributed by atoms with Crippen LogP contribution in [0.4, 0.5) is 13.2 Å². The summed E-state index contributed by atoms with van der Waals surface area (Å²) in [6.07, 6.45) is -1.43. The molecule has 1 amide bonds. The Labute approximate surface area is 160 Å². The number of carbonyl (C=O) groups is 1. The summed E-state index contributed by atoms with van der Waals surface area (Å²) in [5, 5.41) is 6.60. The molecule has 0 unspecified atom stereocenters. The largest absolute Gasteiger partial charge is 0.494 e. The molecule has 152 valence electrons. The number of hydrogen-bond acceptors (Lipinski definition) is 5. The molecule has 1 aromatic heterocycles. The molecule has 1 aliphatic rings. The zero-order valence-corrected chi connectivity index (χ0v) is 15.5. The molecule has 0 bridgehead atoms. The summed E-state index contributed by atoms with van der Waals surface area (Å²) in [6.45, 7) is 3.48. The van der Waals surface area contributed by atoms with E-state index in [0.717, 1.165) is 12.8 Å². The first-order chi connectivity index (χ1) is 13.4. The predicted molar refractivity (Wildman–Crippen MR) is 94.0 cm³/mol. The van der Waals surface area contributed by atoms with Crippen LogP contribution in [0, 0.1) is 0 Å². The number of piperidine rings is 1. The Hall–Kier alpha value is -2.58. The first-order valence-electron chi connectivity index (χ1n) is 9.31. The Kier molecular flexibility index (Phi) is 6.21.